The van der Waals surface area contributed by atoms with E-state index in [1.54, 1.807) is 0 Å². The van der Waals surface area contributed by atoms with E-state index in [9.17, 15) is 9.59 Å². The van der Waals surface area contributed by atoms with Gasteiger partial charge in [-0.3, -0.25) is 15.1 Å². The molecule has 0 atom stereocenters. The van der Waals surface area contributed by atoms with Crippen LogP contribution in [-0.4, -0.2) is 50.2 Å². The fourth-order valence-electron chi connectivity index (χ4n) is 3.06. The van der Waals surface area contributed by atoms with E-state index in [4.69, 9.17) is 14.7 Å². The molecule has 0 saturated carbocycles. The van der Waals surface area contributed by atoms with Gasteiger partial charge in [-0.05, 0) is 11.8 Å². The van der Waals surface area contributed by atoms with Gasteiger partial charge >= 0.3 is 6.09 Å². The van der Waals surface area contributed by atoms with Crippen LogP contribution in [0.4, 0.5) is 4.79 Å². The molecular formula is C22H30N4O4. The molecule has 1 aliphatic rings. The molecule has 1 heterocycles. The van der Waals surface area contributed by atoms with Crippen molar-refractivity contribution in [2.45, 2.75) is 45.6 Å². The average Bonchev–Trinajstić information content (AvgIpc) is 2.72. The van der Waals surface area contributed by atoms with E-state index in [1.807, 2.05) is 50.2 Å². The largest absolute Gasteiger partial charge is 0.446 e. The normalized spacial score (nSPS) is 15.2. The van der Waals surface area contributed by atoms with E-state index >= 15 is 0 Å². The van der Waals surface area contributed by atoms with Crippen molar-refractivity contribution in [3.8, 4) is 6.07 Å². The van der Waals surface area contributed by atoms with E-state index in [1.165, 1.54) is 0 Å². The highest BCUT2D eigenvalue weighted by atomic mass is 16.6. The molecule has 162 valence electrons. The number of aliphatic imine (C=N–C) groups is 1. The van der Waals surface area contributed by atoms with Crippen LogP contribution in [0.5, 0.6) is 0 Å². The number of amides is 2. The Morgan fingerprint density at radius 3 is 2.63 bits per heavy atom. The highest BCUT2D eigenvalue weighted by Crippen LogP contribution is 2.25. The van der Waals surface area contributed by atoms with Gasteiger partial charge in [0.1, 0.15) is 18.5 Å². The molecule has 0 radical (unpaired) electrons. The Morgan fingerprint density at radius 1 is 1.27 bits per heavy atom. The minimum absolute atomic E-state index is 0.00434. The fourth-order valence-corrected chi connectivity index (χ4v) is 3.06. The van der Waals surface area contributed by atoms with Crippen LogP contribution in [-0.2, 0) is 14.3 Å². The van der Waals surface area contributed by atoms with Crippen molar-refractivity contribution in [2.75, 3.05) is 26.3 Å². The van der Waals surface area contributed by atoms with Crippen LogP contribution >= 0.6 is 0 Å². The second-order valence-electron chi connectivity index (χ2n) is 7.96. The third-order valence-electron chi connectivity index (χ3n) is 4.77. The van der Waals surface area contributed by atoms with Crippen LogP contribution in [0.1, 0.15) is 45.1 Å². The molecule has 30 heavy (non-hydrogen) atoms. The van der Waals surface area contributed by atoms with Crippen molar-refractivity contribution in [1.82, 2.24) is 10.6 Å². The van der Waals surface area contributed by atoms with E-state index in [0.717, 1.165) is 5.56 Å². The van der Waals surface area contributed by atoms with Gasteiger partial charge in [0.25, 0.3) is 0 Å². The maximum atomic E-state index is 12.4. The van der Waals surface area contributed by atoms with Gasteiger partial charge < -0.3 is 14.8 Å². The van der Waals surface area contributed by atoms with Crippen LogP contribution in [0.3, 0.4) is 0 Å². The standard InChI is InChI=1S/C22H30N4O4/c1-22(2,16-19(27)24-13-11-23)10-12-25-20(17-6-4-3-5-7-17)26-21(28)30-18-8-14-29-15-9-18/h3-7,18H,8-10,12-16H2,1-2H3,(H,24,27)(H,25,26,28). The second-order valence-corrected chi connectivity index (χ2v) is 7.96. The maximum Gasteiger partial charge on any atom is 0.413 e. The first-order valence-electron chi connectivity index (χ1n) is 10.2. The number of carbonyl (C=O) groups is 2. The van der Waals surface area contributed by atoms with Gasteiger partial charge in [0.2, 0.25) is 5.91 Å². The molecule has 8 nitrogen and oxygen atoms in total. The lowest BCUT2D eigenvalue weighted by Gasteiger charge is -2.23. The van der Waals surface area contributed by atoms with Gasteiger partial charge in [-0.15, -0.1) is 0 Å². The number of hydrogen-bond acceptors (Lipinski definition) is 6. The quantitative estimate of drug-likeness (QED) is 0.386. The molecule has 2 rings (SSSR count). The highest BCUT2D eigenvalue weighted by Gasteiger charge is 2.22. The van der Waals surface area contributed by atoms with Gasteiger partial charge in [-0.2, -0.15) is 5.26 Å². The Labute approximate surface area is 177 Å². The average molecular weight is 415 g/mol. The predicted molar refractivity (Wildman–Crippen MR) is 113 cm³/mol. The molecule has 8 heteroatoms. The molecule has 1 aromatic carbocycles. The third-order valence-corrected chi connectivity index (χ3v) is 4.77. The van der Waals surface area contributed by atoms with Gasteiger partial charge in [-0.1, -0.05) is 44.2 Å². The first-order chi connectivity index (χ1) is 14.4. The van der Waals surface area contributed by atoms with Crippen LogP contribution in [0.15, 0.2) is 35.3 Å². The van der Waals surface area contributed by atoms with Crippen molar-refractivity contribution in [2.24, 2.45) is 10.4 Å². The fraction of sp³-hybridized carbons (Fsp3) is 0.545. The Bertz CT molecular complexity index is 765. The molecule has 0 spiro atoms. The summed E-state index contributed by atoms with van der Waals surface area (Å²) in [5, 5.41) is 13.9. The van der Waals surface area contributed by atoms with Gasteiger partial charge in [0, 0.05) is 31.4 Å². The predicted octanol–water partition coefficient (Wildman–Crippen LogP) is 2.78. The number of alkyl carbamates (subject to hydrolysis) is 1. The molecule has 0 unspecified atom stereocenters. The lowest BCUT2D eigenvalue weighted by Crippen LogP contribution is -2.36. The van der Waals surface area contributed by atoms with E-state index in [0.29, 0.717) is 51.3 Å². The zero-order valence-corrected chi connectivity index (χ0v) is 17.6. The van der Waals surface area contributed by atoms with Gasteiger partial charge in [-0.25, -0.2) is 4.79 Å². The number of amidine groups is 1. The maximum absolute atomic E-state index is 12.4. The number of hydrogen-bond donors (Lipinski definition) is 2. The molecule has 1 saturated heterocycles. The summed E-state index contributed by atoms with van der Waals surface area (Å²) in [7, 11) is 0. The lowest BCUT2D eigenvalue weighted by molar-refractivity contribution is -0.122. The van der Waals surface area contributed by atoms with Crippen molar-refractivity contribution in [3.05, 3.63) is 35.9 Å². The van der Waals surface area contributed by atoms with Crippen molar-refractivity contribution >= 4 is 17.8 Å². The Morgan fingerprint density at radius 2 is 1.97 bits per heavy atom. The molecule has 1 aliphatic heterocycles. The zero-order valence-electron chi connectivity index (χ0n) is 17.6. The second kappa shape index (κ2) is 11.9. The number of benzene rings is 1. The summed E-state index contributed by atoms with van der Waals surface area (Å²) in [5.74, 6) is 0.282. The van der Waals surface area contributed by atoms with Crippen molar-refractivity contribution in [3.63, 3.8) is 0 Å². The highest BCUT2D eigenvalue weighted by molar-refractivity contribution is 6.06. The van der Waals surface area contributed by atoms with Crippen LogP contribution < -0.4 is 10.6 Å². The summed E-state index contributed by atoms with van der Waals surface area (Å²) in [5.41, 5.74) is 0.485. The molecule has 0 aromatic heterocycles. The Hall–Kier alpha value is -2.92. The Balaban J connectivity index is 1.97. The molecule has 1 aromatic rings. The Kier molecular flexibility index (Phi) is 9.29. The monoisotopic (exact) mass is 414 g/mol. The number of nitriles is 1. The van der Waals surface area contributed by atoms with E-state index in [2.05, 4.69) is 15.6 Å². The molecule has 0 aliphatic carbocycles. The number of ether oxygens (including phenoxy) is 2. The van der Waals surface area contributed by atoms with Crippen LogP contribution in [0.2, 0.25) is 0 Å². The van der Waals surface area contributed by atoms with Crippen LogP contribution in [0.25, 0.3) is 0 Å². The zero-order chi connectivity index (χ0) is 21.8. The smallest absolute Gasteiger partial charge is 0.413 e. The SMILES string of the molecule is CC(C)(CCN=C(NC(=O)OC1CCOCC1)c1ccccc1)CC(=O)NCC#N. The summed E-state index contributed by atoms with van der Waals surface area (Å²) in [4.78, 5) is 28.8. The lowest BCUT2D eigenvalue weighted by atomic mass is 9.85. The minimum Gasteiger partial charge on any atom is -0.446 e. The van der Waals surface area contributed by atoms with E-state index in [-0.39, 0.29) is 24.0 Å². The summed E-state index contributed by atoms with van der Waals surface area (Å²) in [6.07, 6.45) is 1.63. The summed E-state index contributed by atoms with van der Waals surface area (Å²) < 4.78 is 10.8. The molecule has 0 bridgehead atoms. The number of rotatable bonds is 8. The number of nitrogens with zero attached hydrogens (tertiary/aromatic N) is 2. The number of nitrogens with one attached hydrogen (secondary N) is 2. The first kappa shape index (κ1) is 23.4. The molecule has 2 N–H and O–H groups in total. The summed E-state index contributed by atoms with van der Waals surface area (Å²) in [6.45, 7) is 5.57. The molecule has 1 fully saturated rings. The van der Waals surface area contributed by atoms with Crippen molar-refractivity contribution < 1.29 is 19.1 Å². The van der Waals surface area contributed by atoms with E-state index < -0.39 is 6.09 Å². The summed E-state index contributed by atoms with van der Waals surface area (Å²) >= 11 is 0. The summed E-state index contributed by atoms with van der Waals surface area (Å²) in [6, 6.07) is 11.3. The number of carbonyl (C=O) groups excluding carboxylic acids is 2. The third kappa shape index (κ3) is 8.62. The molecule has 2 amide bonds. The first-order valence-corrected chi connectivity index (χ1v) is 10.2. The van der Waals surface area contributed by atoms with Crippen LogP contribution in [0, 0.1) is 16.7 Å². The molecular weight excluding hydrogens is 384 g/mol. The van der Waals surface area contributed by atoms with Crippen molar-refractivity contribution in [1.29, 1.82) is 5.26 Å². The van der Waals surface area contributed by atoms with Gasteiger partial charge in [0.05, 0.1) is 19.3 Å². The van der Waals surface area contributed by atoms with Gasteiger partial charge in [0.15, 0.2) is 0 Å². The minimum atomic E-state index is -0.528. The topological polar surface area (TPSA) is 113 Å².